The minimum absolute atomic E-state index is 0.216. The molecule has 1 aliphatic rings. The number of halogens is 1. The minimum atomic E-state index is -4.22. The highest BCUT2D eigenvalue weighted by atomic mass is 32.2. The van der Waals surface area contributed by atoms with Crippen LogP contribution >= 0.6 is 11.8 Å². The normalized spacial score (nSPS) is 14.0. The van der Waals surface area contributed by atoms with Gasteiger partial charge in [-0.05, 0) is 80.1 Å². The van der Waals surface area contributed by atoms with Crippen LogP contribution in [-0.2, 0) is 26.0 Å². The Bertz CT molecular complexity index is 1960. The van der Waals surface area contributed by atoms with E-state index < -0.39 is 27.7 Å². The summed E-state index contributed by atoms with van der Waals surface area (Å²) in [7, 11) is -4.22. The van der Waals surface area contributed by atoms with Crippen molar-refractivity contribution in [1.29, 1.82) is 0 Å². The number of sulfonamides is 1. The molecule has 45 heavy (non-hydrogen) atoms. The van der Waals surface area contributed by atoms with Gasteiger partial charge in [-0.2, -0.15) is 4.99 Å². The molecular weight excluding hydrogens is 618 g/mol. The number of hydrogen-bond acceptors (Lipinski definition) is 8. The molecule has 2 amide bonds. The molecule has 4 aromatic carbocycles. The molecule has 5 rings (SSSR count). The number of amides is 2. The van der Waals surface area contributed by atoms with Crippen molar-refractivity contribution < 1.29 is 31.9 Å². The molecule has 0 saturated carbocycles. The Labute approximate surface area is 264 Å². The average molecular weight is 648 g/mol. The Hall–Kier alpha value is -4.68. The smallest absolute Gasteiger partial charge is 0.286 e. The number of anilines is 1. The number of thioether (sulfide) groups is 1. The van der Waals surface area contributed by atoms with Gasteiger partial charge in [0.15, 0.2) is 5.17 Å². The number of fused-ring (bicyclic) bond motifs is 1. The molecule has 12 heteroatoms. The minimum Gasteiger partial charge on any atom is -0.493 e. The molecule has 9 nitrogen and oxygen atoms in total. The highest BCUT2D eigenvalue weighted by Gasteiger charge is 2.24. The molecule has 1 heterocycles. The largest absolute Gasteiger partial charge is 0.493 e. The van der Waals surface area contributed by atoms with Gasteiger partial charge < -0.3 is 14.8 Å². The molecule has 4 aromatic rings. The first-order chi connectivity index (χ1) is 21.6. The highest BCUT2D eigenvalue weighted by molar-refractivity contribution is 8.18. The predicted octanol–water partition coefficient (Wildman–Crippen LogP) is 6.21. The Morgan fingerprint density at radius 1 is 0.978 bits per heavy atom. The van der Waals surface area contributed by atoms with Crippen molar-refractivity contribution in [3.05, 3.63) is 100 Å². The Balaban J connectivity index is 1.26. The Morgan fingerprint density at radius 3 is 2.38 bits per heavy atom. The summed E-state index contributed by atoms with van der Waals surface area (Å²) in [6.07, 6.45) is 1.53. The topological polar surface area (TPSA) is 123 Å². The number of amidine groups is 1. The number of hydrogen-bond donors (Lipinski definition) is 2. The third-order valence-electron chi connectivity index (χ3n) is 6.75. The van der Waals surface area contributed by atoms with Gasteiger partial charge in [0.1, 0.15) is 17.3 Å². The number of aliphatic imine (C=N–C) groups is 1. The summed E-state index contributed by atoms with van der Waals surface area (Å²) in [5, 5.41) is 5.27. The van der Waals surface area contributed by atoms with E-state index in [0.717, 1.165) is 16.8 Å². The first-order valence-corrected chi connectivity index (χ1v) is 16.4. The van der Waals surface area contributed by atoms with Crippen LogP contribution in [0.2, 0.25) is 0 Å². The molecule has 0 fully saturated rings. The van der Waals surface area contributed by atoms with Crippen molar-refractivity contribution in [2.75, 3.05) is 18.5 Å². The molecule has 0 radical (unpaired) electrons. The van der Waals surface area contributed by atoms with Crippen LogP contribution in [-0.4, -0.2) is 38.6 Å². The van der Waals surface area contributed by atoms with Crippen molar-refractivity contribution in [3.63, 3.8) is 0 Å². The molecule has 2 N–H and O–H groups in total. The molecule has 1 aliphatic heterocycles. The number of nitrogens with one attached hydrogen (secondary N) is 2. The monoisotopic (exact) mass is 647 g/mol. The van der Waals surface area contributed by atoms with E-state index in [1.807, 2.05) is 48.9 Å². The van der Waals surface area contributed by atoms with E-state index in [4.69, 9.17) is 9.47 Å². The third kappa shape index (κ3) is 7.35. The van der Waals surface area contributed by atoms with Crippen LogP contribution in [0.15, 0.2) is 87.6 Å². The second-order valence-corrected chi connectivity index (χ2v) is 12.7. The van der Waals surface area contributed by atoms with E-state index in [2.05, 4.69) is 10.3 Å². The Morgan fingerprint density at radius 2 is 1.69 bits per heavy atom. The molecule has 0 saturated heterocycles. The second-order valence-electron chi connectivity index (χ2n) is 9.98. The van der Waals surface area contributed by atoms with Gasteiger partial charge in [0, 0.05) is 22.0 Å². The molecule has 0 unspecified atom stereocenters. The summed E-state index contributed by atoms with van der Waals surface area (Å²) in [5.74, 6) is -0.507. The molecule has 0 spiro atoms. The van der Waals surface area contributed by atoms with E-state index in [1.165, 1.54) is 30.8 Å². The van der Waals surface area contributed by atoms with Crippen molar-refractivity contribution in [2.45, 2.75) is 32.1 Å². The van der Waals surface area contributed by atoms with Crippen molar-refractivity contribution >= 4 is 61.3 Å². The van der Waals surface area contributed by atoms with Crippen LogP contribution < -0.4 is 19.5 Å². The summed E-state index contributed by atoms with van der Waals surface area (Å²) >= 11 is 1.18. The molecule has 0 bridgehead atoms. The first kappa shape index (κ1) is 31.7. The molecular formula is C33H30FN3O6S2. The van der Waals surface area contributed by atoms with Crippen molar-refractivity contribution in [2.24, 2.45) is 4.99 Å². The maximum atomic E-state index is 13.8. The summed E-state index contributed by atoms with van der Waals surface area (Å²) in [6, 6.07) is 19.8. The predicted molar refractivity (Wildman–Crippen MR) is 175 cm³/mol. The van der Waals surface area contributed by atoms with E-state index >= 15 is 0 Å². The lowest BCUT2D eigenvalue weighted by Gasteiger charge is -2.15. The summed E-state index contributed by atoms with van der Waals surface area (Å²) in [6.45, 7) is 6.25. The number of rotatable bonds is 10. The SMILES string of the molecule is CCOc1cc(C=C2SC(Nc3ccc(CC(=O)NS(=O)(=O)c4ccc(C)c(F)c4)cc3)=NC2=O)c(OCC)c2ccccc12. The summed E-state index contributed by atoms with van der Waals surface area (Å²) in [4.78, 5) is 29.5. The van der Waals surface area contributed by atoms with E-state index in [-0.39, 0.29) is 11.3 Å². The number of carbonyl (C=O) groups excluding carboxylic acids is 2. The van der Waals surface area contributed by atoms with Crippen LogP contribution in [0, 0.1) is 12.7 Å². The van der Waals surface area contributed by atoms with Gasteiger partial charge in [-0.1, -0.05) is 42.5 Å². The van der Waals surface area contributed by atoms with Crippen molar-refractivity contribution in [3.8, 4) is 11.5 Å². The van der Waals surface area contributed by atoms with Gasteiger partial charge in [-0.3, -0.25) is 9.59 Å². The fraction of sp³-hybridized carbons (Fsp3) is 0.182. The van der Waals surface area contributed by atoms with Crippen molar-refractivity contribution in [1.82, 2.24) is 4.72 Å². The van der Waals surface area contributed by atoms with Gasteiger partial charge in [0.25, 0.3) is 15.9 Å². The maximum Gasteiger partial charge on any atom is 0.286 e. The average Bonchev–Trinajstić information content (AvgIpc) is 3.34. The zero-order valence-corrected chi connectivity index (χ0v) is 26.4. The standard InChI is InChI=1S/C33H30FN3O6S2/c1-4-42-28-17-22(31(43-5-2)26-9-7-6-8-25(26)28)18-29-32(39)36-33(44-29)35-23-13-11-21(12-14-23)16-30(38)37-45(40,41)24-15-10-20(3)27(34)19-24/h6-15,17-19H,4-5,16H2,1-3H3,(H,37,38)(H,35,36,39). The number of nitrogens with zero attached hydrogens (tertiary/aromatic N) is 1. The lowest BCUT2D eigenvalue weighted by Crippen LogP contribution is -2.31. The first-order valence-electron chi connectivity index (χ1n) is 14.1. The molecule has 0 aromatic heterocycles. The highest BCUT2D eigenvalue weighted by Crippen LogP contribution is 2.40. The van der Waals surface area contributed by atoms with Gasteiger partial charge in [-0.15, -0.1) is 0 Å². The van der Waals surface area contributed by atoms with Crippen LogP contribution in [0.3, 0.4) is 0 Å². The third-order valence-corrected chi connectivity index (χ3v) is 9.02. The van der Waals surface area contributed by atoms with Crippen LogP contribution in [0.1, 0.15) is 30.5 Å². The summed E-state index contributed by atoms with van der Waals surface area (Å²) < 4.78 is 52.7. The van der Waals surface area contributed by atoms with E-state index in [0.29, 0.717) is 57.2 Å². The van der Waals surface area contributed by atoms with Crippen LogP contribution in [0.25, 0.3) is 16.8 Å². The molecule has 0 atom stereocenters. The van der Waals surface area contributed by atoms with E-state index in [9.17, 15) is 22.4 Å². The number of carbonyl (C=O) groups is 2. The van der Waals surface area contributed by atoms with Crippen LogP contribution in [0.5, 0.6) is 11.5 Å². The van der Waals surface area contributed by atoms with Gasteiger partial charge in [0.05, 0.1) is 29.4 Å². The number of ether oxygens (including phenoxy) is 2. The molecule has 0 aliphatic carbocycles. The van der Waals surface area contributed by atoms with E-state index in [1.54, 1.807) is 30.3 Å². The zero-order valence-electron chi connectivity index (χ0n) is 24.7. The number of aryl methyl sites for hydroxylation is 1. The number of benzene rings is 4. The fourth-order valence-electron chi connectivity index (χ4n) is 4.63. The van der Waals surface area contributed by atoms with Gasteiger partial charge in [0.2, 0.25) is 5.91 Å². The zero-order chi connectivity index (χ0) is 32.1. The van der Waals surface area contributed by atoms with Crippen LogP contribution in [0.4, 0.5) is 10.1 Å². The van der Waals surface area contributed by atoms with Gasteiger partial charge >= 0.3 is 0 Å². The Kier molecular flexibility index (Phi) is 9.54. The second kappa shape index (κ2) is 13.5. The quantitative estimate of drug-likeness (QED) is 0.195. The summed E-state index contributed by atoms with van der Waals surface area (Å²) in [5.41, 5.74) is 2.15. The molecule has 232 valence electrons. The maximum absolute atomic E-state index is 13.8. The lowest BCUT2D eigenvalue weighted by molar-refractivity contribution is -0.118. The lowest BCUT2D eigenvalue weighted by atomic mass is 10.0. The fourth-order valence-corrected chi connectivity index (χ4v) is 6.45. The van der Waals surface area contributed by atoms with Gasteiger partial charge in [-0.25, -0.2) is 17.5 Å².